The summed E-state index contributed by atoms with van der Waals surface area (Å²) < 4.78 is 49.4. The average Bonchev–Trinajstić information content (AvgIpc) is 2.89. The van der Waals surface area contributed by atoms with Crippen molar-refractivity contribution < 1.29 is 37.3 Å². The quantitative estimate of drug-likeness (QED) is 0.408. The van der Waals surface area contributed by atoms with E-state index in [0.29, 0.717) is 37.7 Å². The molecule has 0 aliphatic heterocycles. The Bertz CT molecular complexity index is 1170. The standard InChI is InChI=1S/C27H31ClF2N2O6/c1-17-3-4-18(11-21(17)29)37-15-25(34)32-27-9-7-26(8-10-27,13-23(27)38-16-35-2)31-24(33)14-36-19-5-6-20(28)22(30)12-19/h3-6,11-12,23H,7-10,13-16H2,1-2H3,(H,31,33)(H,32,34)/t23-,26?,27?/m0/s1. The zero-order chi connectivity index (χ0) is 27.3. The number of halogens is 3. The van der Waals surface area contributed by atoms with Crippen molar-refractivity contribution in [3.63, 3.8) is 0 Å². The largest absolute Gasteiger partial charge is 0.484 e. The summed E-state index contributed by atoms with van der Waals surface area (Å²) in [7, 11) is 1.51. The molecular formula is C27H31ClF2N2O6. The van der Waals surface area contributed by atoms with Crippen LogP contribution in [0.4, 0.5) is 8.78 Å². The molecule has 3 fully saturated rings. The number of carbonyl (C=O) groups is 2. The van der Waals surface area contributed by atoms with Crippen molar-refractivity contribution in [1.29, 1.82) is 0 Å². The summed E-state index contributed by atoms with van der Waals surface area (Å²) in [5, 5.41) is 6.12. The van der Waals surface area contributed by atoms with Gasteiger partial charge in [0.2, 0.25) is 0 Å². The van der Waals surface area contributed by atoms with Crippen LogP contribution in [-0.2, 0) is 19.1 Å². The van der Waals surface area contributed by atoms with Crippen LogP contribution >= 0.6 is 11.6 Å². The van der Waals surface area contributed by atoms with E-state index in [2.05, 4.69) is 10.6 Å². The summed E-state index contributed by atoms with van der Waals surface area (Å²) in [6.07, 6.45) is 2.40. The van der Waals surface area contributed by atoms with E-state index in [0.717, 1.165) is 6.07 Å². The van der Waals surface area contributed by atoms with Crippen LogP contribution in [-0.4, -0.2) is 56.1 Å². The lowest BCUT2D eigenvalue weighted by Gasteiger charge is -2.57. The Kier molecular flexibility index (Phi) is 8.74. The van der Waals surface area contributed by atoms with Crippen molar-refractivity contribution in [2.45, 2.75) is 56.2 Å². The molecule has 0 spiro atoms. The van der Waals surface area contributed by atoms with Crippen LogP contribution in [0.5, 0.6) is 11.5 Å². The zero-order valence-corrected chi connectivity index (χ0v) is 22.0. The lowest BCUT2D eigenvalue weighted by molar-refractivity contribution is -0.161. The predicted molar refractivity (Wildman–Crippen MR) is 135 cm³/mol. The molecule has 0 radical (unpaired) electrons. The summed E-state index contributed by atoms with van der Waals surface area (Å²) in [5.41, 5.74) is -0.697. The van der Waals surface area contributed by atoms with Crippen molar-refractivity contribution >= 4 is 23.4 Å². The van der Waals surface area contributed by atoms with Gasteiger partial charge in [-0.3, -0.25) is 9.59 Å². The lowest BCUT2D eigenvalue weighted by atomic mass is 9.59. The zero-order valence-electron chi connectivity index (χ0n) is 21.3. The third kappa shape index (κ3) is 6.54. The van der Waals surface area contributed by atoms with E-state index in [1.54, 1.807) is 19.1 Å². The fraction of sp³-hybridized carbons (Fsp3) is 0.481. The van der Waals surface area contributed by atoms with E-state index in [4.69, 9.17) is 30.5 Å². The molecule has 2 N–H and O–H groups in total. The number of hydrogen-bond donors (Lipinski definition) is 2. The Balaban J connectivity index is 1.35. The van der Waals surface area contributed by atoms with Crippen molar-refractivity contribution in [2.24, 2.45) is 0 Å². The molecule has 0 aromatic heterocycles. The molecular weight excluding hydrogens is 522 g/mol. The molecule has 2 bridgehead atoms. The first-order valence-electron chi connectivity index (χ1n) is 12.3. The van der Waals surface area contributed by atoms with Gasteiger partial charge in [-0.05, 0) is 62.8 Å². The van der Waals surface area contributed by atoms with Crippen LogP contribution in [0.2, 0.25) is 5.02 Å². The predicted octanol–water partition coefficient (Wildman–Crippen LogP) is 4.06. The Labute approximate surface area is 224 Å². The molecule has 38 heavy (non-hydrogen) atoms. The number of nitrogens with one attached hydrogen (secondary N) is 2. The Morgan fingerprint density at radius 2 is 1.55 bits per heavy atom. The van der Waals surface area contributed by atoms with Gasteiger partial charge in [0.15, 0.2) is 13.2 Å². The van der Waals surface area contributed by atoms with E-state index < -0.39 is 28.8 Å². The van der Waals surface area contributed by atoms with Gasteiger partial charge in [0.05, 0.1) is 16.7 Å². The summed E-state index contributed by atoms with van der Waals surface area (Å²) >= 11 is 5.69. The van der Waals surface area contributed by atoms with Gasteiger partial charge in [-0.15, -0.1) is 0 Å². The highest BCUT2D eigenvalue weighted by Gasteiger charge is 2.56. The lowest BCUT2D eigenvalue weighted by Crippen LogP contribution is -2.71. The molecule has 206 valence electrons. The Morgan fingerprint density at radius 1 is 0.947 bits per heavy atom. The second-order valence-corrected chi connectivity index (χ2v) is 10.3. The minimum absolute atomic E-state index is 0.0245. The highest BCUT2D eigenvalue weighted by molar-refractivity contribution is 6.30. The maximum Gasteiger partial charge on any atom is 0.258 e. The fourth-order valence-corrected chi connectivity index (χ4v) is 5.29. The molecule has 3 aliphatic carbocycles. The second-order valence-electron chi connectivity index (χ2n) is 9.86. The molecule has 11 heteroatoms. The molecule has 1 atom stereocenters. The maximum atomic E-state index is 13.8. The monoisotopic (exact) mass is 552 g/mol. The smallest absolute Gasteiger partial charge is 0.258 e. The number of fused-ring (bicyclic) bond motifs is 3. The molecule has 0 unspecified atom stereocenters. The Morgan fingerprint density at radius 3 is 2.16 bits per heavy atom. The third-order valence-corrected chi connectivity index (χ3v) is 7.55. The highest BCUT2D eigenvalue weighted by atomic mass is 35.5. The van der Waals surface area contributed by atoms with Gasteiger partial charge in [0.1, 0.15) is 29.9 Å². The molecule has 2 aromatic carbocycles. The van der Waals surface area contributed by atoms with Gasteiger partial charge >= 0.3 is 0 Å². The number of ether oxygens (including phenoxy) is 4. The van der Waals surface area contributed by atoms with Crippen LogP contribution in [0, 0.1) is 18.6 Å². The number of amides is 2. The van der Waals surface area contributed by atoms with E-state index in [-0.39, 0.29) is 48.3 Å². The van der Waals surface area contributed by atoms with E-state index in [1.807, 2.05) is 0 Å². The highest BCUT2D eigenvalue weighted by Crippen LogP contribution is 2.48. The van der Waals surface area contributed by atoms with Crippen molar-refractivity contribution in [3.8, 4) is 11.5 Å². The van der Waals surface area contributed by atoms with Gasteiger partial charge in [0.25, 0.3) is 11.8 Å². The molecule has 0 heterocycles. The molecule has 2 amide bonds. The minimum atomic E-state index is -0.651. The first-order chi connectivity index (χ1) is 18.1. The molecule has 3 saturated carbocycles. The number of hydrogen-bond acceptors (Lipinski definition) is 6. The summed E-state index contributed by atoms with van der Waals surface area (Å²) in [5.74, 6) is -1.26. The normalized spacial score (nSPS) is 24.1. The number of rotatable bonds is 11. The van der Waals surface area contributed by atoms with Crippen LogP contribution in [0.3, 0.4) is 0 Å². The number of carbonyl (C=O) groups excluding carboxylic acids is 2. The topological polar surface area (TPSA) is 95.1 Å². The molecule has 5 rings (SSSR count). The van der Waals surface area contributed by atoms with Gasteiger partial charge in [0, 0.05) is 24.8 Å². The molecule has 8 nitrogen and oxygen atoms in total. The minimum Gasteiger partial charge on any atom is -0.484 e. The first kappa shape index (κ1) is 28.1. The summed E-state index contributed by atoms with van der Waals surface area (Å²) in [4.78, 5) is 25.5. The van der Waals surface area contributed by atoms with Gasteiger partial charge in [-0.2, -0.15) is 0 Å². The van der Waals surface area contributed by atoms with Gasteiger partial charge in [-0.25, -0.2) is 8.78 Å². The van der Waals surface area contributed by atoms with Crippen molar-refractivity contribution in [3.05, 3.63) is 58.6 Å². The Hall–Kier alpha value is -2.95. The molecule has 0 saturated heterocycles. The van der Waals surface area contributed by atoms with E-state index in [9.17, 15) is 18.4 Å². The van der Waals surface area contributed by atoms with Crippen molar-refractivity contribution in [2.75, 3.05) is 27.1 Å². The fourth-order valence-electron chi connectivity index (χ4n) is 5.17. The SMILES string of the molecule is COCO[C@H]1CC2(NC(=O)COc3ccc(Cl)c(F)c3)CCC1(NC(=O)COc1ccc(C)c(F)c1)CC2. The van der Waals surface area contributed by atoms with Gasteiger partial charge < -0.3 is 29.6 Å². The van der Waals surface area contributed by atoms with E-state index in [1.165, 1.54) is 25.3 Å². The van der Waals surface area contributed by atoms with Crippen LogP contribution in [0.25, 0.3) is 0 Å². The first-order valence-corrected chi connectivity index (χ1v) is 12.7. The molecule has 3 aliphatic rings. The molecule has 2 aromatic rings. The third-order valence-electron chi connectivity index (χ3n) is 7.25. The maximum absolute atomic E-state index is 13.8. The van der Waals surface area contributed by atoms with Gasteiger partial charge in [-0.1, -0.05) is 17.7 Å². The summed E-state index contributed by atoms with van der Waals surface area (Å²) in [6.45, 7) is 1.11. The number of aryl methyl sites for hydroxylation is 1. The average molecular weight is 553 g/mol. The summed E-state index contributed by atoms with van der Waals surface area (Å²) in [6, 6.07) is 8.42. The van der Waals surface area contributed by atoms with E-state index >= 15 is 0 Å². The number of methoxy groups -OCH3 is 1. The second kappa shape index (κ2) is 11.8. The number of benzene rings is 2. The van der Waals surface area contributed by atoms with Crippen LogP contribution in [0.15, 0.2) is 36.4 Å². The van der Waals surface area contributed by atoms with Crippen LogP contribution in [0.1, 0.15) is 37.7 Å². The van der Waals surface area contributed by atoms with Crippen molar-refractivity contribution in [1.82, 2.24) is 10.6 Å². The van der Waals surface area contributed by atoms with Crippen LogP contribution < -0.4 is 20.1 Å².